The van der Waals surface area contributed by atoms with Gasteiger partial charge in [-0.05, 0) is 49.5 Å². The van der Waals surface area contributed by atoms with Crippen molar-refractivity contribution in [2.45, 2.75) is 32.4 Å². The fourth-order valence-corrected chi connectivity index (χ4v) is 2.73. The molecule has 0 aliphatic carbocycles. The molecule has 0 saturated carbocycles. The van der Waals surface area contributed by atoms with E-state index in [-0.39, 0.29) is 6.10 Å². The van der Waals surface area contributed by atoms with Gasteiger partial charge in [-0.2, -0.15) is 0 Å². The number of hydrogen-bond acceptors (Lipinski definition) is 4. The average molecular weight is 292 g/mol. The van der Waals surface area contributed by atoms with Gasteiger partial charge in [-0.25, -0.2) is 0 Å². The Morgan fingerprint density at radius 3 is 2.57 bits per heavy atom. The lowest BCUT2D eigenvalue weighted by atomic mass is 9.99. The summed E-state index contributed by atoms with van der Waals surface area (Å²) in [7, 11) is 1.67. The molecule has 2 rings (SSSR count). The highest BCUT2D eigenvalue weighted by atomic mass is 16.5. The van der Waals surface area contributed by atoms with Gasteiger partial charge in [0.25, 0.3) is 0 Å². The summed E-state index contributed by atoms with van der Waals surface area (Å²) in [6, 6.07) is 8.01. The molecule has 1 fully saturated rings. The number of benzene rings is 1. The first-order chi connectivity index (χ1) is 10.2. The second-order valence-electron chi connectivity index (χ2n) is 6.12. The molecule has 0 radical (unpaired) electrons. The fourth-order valence-electron chi connectivity index (χ4n) is 2.73. The Hall–Kier alpha value is -1.10. The van der Waals surface area contributed by atoms with Crippen LogP contribution in [0.25, 0.3) is 0 Å². The average Bonchev–Trinajstić information content (AvgIpc) is 2.50. The SMILES string of the molecule is COc1ccc(CNCC(O)CN2CCC(C)CC2)cc1. The molecular formula is C17H28N2O2. The molecule has 1 aromatic rings. The predicted molar refractivity (Wildman–Crippen MR) is 85.5 cm³/mol. The number of nitrogens with zero attached hydrogens (tertiary/aromatic N) is 1. The summed E-state index contributed by atoms with van der Waals surface area (Å²) in [4.78, 5) is 2.37. The number of hydrogen-bond donors (Lipinski definition) is 2. The second-order valence-corrected chi connectivity index (χ2v) is 6.12. The highest BCUT2D eigenvalue weighted by molar-refractivity contribution is 5.26. The third-order valence-electron chi connectivity index (χ3n) is 4.21. The van der Waals surface area contributed by atoms with Crippen LogP contribution in [-0.4, -0.2) is 49.4 Å². The molecule has 1 aliphatic heterocycles. The Morgan fingerprint density at radius 2 is 1.95 bits per heavy atom. The summed E-state index contributed by atoms with van der Waals surface area (Å²) in [5.74, 6) is 1.71. The molecule has 0 bridgehead atoms. The number of nitrogens with one attached hydrogen (secondary N) is 1. The van der Waals surface area contributed by atoms with Crippen molar-refractivity contribution in [1.82, 2.24) is 10.2 Å². The summed E-state index contributed by atoms with van der Waals surface area (Å²) >= 11 is 0. The van der Waals surface area contributed by atoms with E-state index in [1.807, 2.05) is 24.3 Å². The van der Waals surface area contributed by atoms with Crippen LogP contribution in [0.15, 0.2) is 24.3 Å². The first-order valence-electron chi connectivity index (χ1n) is 7.91. The maximum atomic E-state index is 10.1. The molecule has 1 saturated heterocycles. The fraction of sp³-hybridized carbons (Fsp3) is 0.647. The van der Waals surface area contributed by atoms with E-state index in [9.17, 15) is 5.11 Å². The molecule has 1 heterocycles. The number of piperidine rings is 1. The molecule has 21 heavy (non-hydrogen) atoms. The lowest BCUT2D eigenvalue weighted by Crippen LogP contribution is -2.41. The zero-order valence-electron chi connectivity index (χ0n) is 13.2. The molecule has 4 nitrogen and oxygen atoms in total. The van der Waals surface area contributed by atoms with E-state index >= 15 is 0 Å². The van der Waals surface area contributed by atoms with Gasteiger partial charge in [0.2, 0.25) is 0 Å². The highest BCUT2D eigenvalue weighted by Crippen LogP contribution is 2.16. The largest absolute Gasteiger partial charge is 0.497 e. The first-order valence-corrected chi connectivity index (χ1v) is 7.91. The van der Waals surface area contributed by atoms with Crippen LogP contribution >= 0.6 is 0 Å². The third-order valence-corrected chi connectivity index (χ3v) is 4.21. The summed E-state index contributed by atoms with van der Waals surface area (Å²) in [6.07, 6.45) is 2.22. The van der Waals surface area contributed by atoms with E-state index < -0.39 is 0 Å². The molecule has 0 aromatic heterocycles. The maximum absolute atomic E-state index is 10.1. The molecule has 0 amide bonds. The van der Waals surface area contributed by atoms with Gasteiger partial charge in [0.15, 0.2) is 0 Å². The van der Waals surface area contributed by atoms with E-state index in [2.05, 4.69) is 17.1 Å². The van der Waals surface area contributed by atoms with Crippen LogP contribution in [0.2, 0.25) is 0 Å². The van der Waals surface area contributed by atoms with E-state index in [0.29, 0.717) is 6.54 Å². The first kappa shape index (κ1) is 16.3. The van der Waals surface area contributed by atoms with Crippen molar-refractivity contribution in [1.29, 1.82) is 0 Å². The number of ether oxygens (including phenoxy) is 1. The number of β-amino-alcohol motifs (C(OH)–C–C–N with tert-alkyl or cyclic N) is 1. The molecule has 2 N–H and O–H groups in total. The highest BCUT2D eigenvalue weighted by Gasteiger charge is 2.17. The van der Waals surface area contributed by atoms with Crippen molar-refractivity contribution in [3.8, 4) is 5.75 Å². The lowest BCUT2D eigenvalue weighted by Gasteiger charge is -2.31. The van der Waals surface area contributed by atoms with Gasteiger partial charge in [-0.1, -0.05) is 19.1 Å². The van der Waals surface area contributed by atoms with Gasteiger partial charge in [0.05, 0.1) is 13.2 Å². The minimum absolute atomic E-state index is 0.295. The summed E-state index contributed by atoms with van der Waals surface area (Å²) in [6.45, 7) is 6.75. The summed E-state index contributed by atoms with van der Waals surface area (Å²) in [5, 5.41) is 13.4. The number of aliphatic hydroxyl groups excluding tert-OH is 1. The van der Waals surface area contributed by atoms with Crippen LogP contribution in [-0.2, 0) is 6.54 Å². The van der Waals surface area contributed by atoms with Crippen LogP contribution in [0.5, 0.6) is 5.75 Å². The standard InChI is InChI=1S/C17H28N2O2/c1-14-7-9-19(10-8-14)13-16(20)12-18-11-15-3-5-17(21-2)6-4-15/h3-6,14,16,18,20H,7-13H2,1-2H3. The van der Waals surface area contributed by atoms with Crippen LogP contribution in [0.1, 0.15) is 25.3 Å². The number of methoxy groups -OCH3 is 1. The van der Waals surface area contributed by atoms with Gasteiger partial charge in [-0.3, -0.25) is 0 Å². The van der Waals surface area contributed by atoms with E-state index in [4.69, 9.17) is 4.74 Å². The smallest absolute Gasteiger partial charge is 0.118 e. The van der Waals surface area contributed by atoms with E-state index in [1.54, 1.807) is 7.11 Å². The zero-order valence-corrected chi connectivity index (χ0v) is 13.2. The lowest BCUT2D eigenvalue weighted by molar-refractivity contribution is 0.0907. The predicted octanol–water partition coefficient (Wildman–Crippen LogP) is 1.88. The number of likely N-dealkylation sites (tertiary alicyclic amines) is 1. The monoisotopic (exact) mass is 292 g/mol. The van der Waals surface area contributed by atoms with Gasteiger partial charge in [-0.15, -0.1) is 0 Å². The summed E-state index contributed by atoms with van der Waals surface area (Å²) in [5.41, 5.74) is 1.20. The number of rotatable bonds is 7. The van der Waals surface area contributed by atoms with Crippen LogP contribution in [0.3, 0.4) is 0 Å². The molecule has 0 spiro atoms. The van der Waals surface area contributed by atoms with Crippen molar-refractivity contribution >= 4 is 0 Å². The van der Waals surface area contributed by atoms with Crippen molar-refractivity contribution in [2.24, 2.45) is 5.92 Å². The topological polar surface area (TPSA) is 44.7 Å². The van der Waals surface area contributed by atoms with E-state index in [1.165, 1.54) is 18.4 Å². The third kappa shape index (κ3) is 5.65. The van der Waals surface area contributed by atoms with Crippen LogP contribution in [0, 0.1) is 5.92 Å². The molecule has 4 heteroatoms. The molecule has 1 aliphatic rings. The Bertz CT molecular complexity index is 400. The summed E-state index contributed by atoms with van der Waals surface area (Å²) < 4.78 is 5.14. The van der Waals surface area contributed by atoms with Crippen molar-refractivity contribution in [2.75, 3.05) is 33.3 Å². The van der Waals surface area contributed by atoms with Gasteiger partial charge in [0.1, 0.15) is 5.75 Å². The van der Waals surface area contributed by atoms with Gasteiger partial charge in [0, 0.05) is 19.6 Å². The molecular weight excluding hydrogens is 264 g/mol. The van der Waals surface area contributed by atoms with E-state index in [0.717, 1.165) is 37.8 Å². The molecule has 1 aromatic carbocycles. The van der Waals surface area contributed by atoms with Crippen LogP contribution < -0.4 is 10.1 Å². The number of aliphatic hydroxyl groups is 1. The van der Waals surface area contributed by atoms with Gasteiger partial charge >= 0.3 is 0 Å². The Morgan fingerprint density at radius 1 is 1.29 bits per heavy atom. The van der Waals surface area contributed by atoms with Crippen molar-refractivity contribution < 1.29 is 9.84 Å². The second kappa shape index (κ2) is 8.37. The maximum Gasteiger partial charge on any atom is 0.118 e. The minimum Gasteiger partial charge on any atom is -0.497 e. The van der Waals surface area contributed by atoms with Crippen molar-refractivity contribution in [3.63, 3.8) is 0 Å². The van der Waals surface area contributed by atoms with Crippen LogP contribution in [0.4, 0.5) is 0 Å². The zero-order chi connectivity index (χ0) is 15.1. The van der Waals surface area contributed by atoms with Crippen molar-refractivity contribution in [3.05, 3.63) is 29.8 Å². The normalized spacial score (nSPS) is 18.6. The quantitative estimate of drug-likeness (QED) is 0.805. The van der Waals surface area contributed by atoms with Gasteiger partial charge < -0.3 is 20.1 Å². The Balaban J connectivity index is 1.63. The molecule has 1 unspecified atom stereocenters. The molecule has 1 atom stereocenters. The molecule has 118 valence electrons. The Kier molecular flexibility index (Phi) is 6.49. The Labute approximate surface area is 128 Å². The minimum atomic E-state index is -0.295.